The Morgan fingerprint density at radius 3 is 2.71 bits per heavy atom. The van der Waals surface area contributed by atoms with Gasteiger partial charge in [-0.2, -0.15) is 0 Å². The first kappa shape index (κ1) is 13.3. The minimum atomic E-state index is 0.449. The molecule has 2 heterocycles. The third-order valence-corrected chi connectivity index (χ3v) is 4.79. The van der Waals surface area contributed by atoms with E-state index in [1.54, 1.807) is 0 Å². The molecule has 2 aliphatic rings. The molecule has 0 amide bonds. The zero-order valence-corrected chi connectivity index (χ0v) is 11.6. The molecule has 0 bridgehead atoms. The van der Waals surface area contributed by atoms with Gasteiger partial charge >= 0.3 is 0 Å². The Morgan fingerprint density at radius 2 is 1.94 bits per heavy atom. The highest BCUT2D eigenvalue weighted by molar-refractivity contribution is 4.86. The largest absolute Gasteiger partial charge is 0.327 e. The summed E-state index contributed by atoms with van der Waals surface area (Å²) in [6, 6.07) is 1.27. The minimum absolute atomic E-state index is 0.449. The molecule has 0 saturated carbocycles. The van der Waals surface area contributed by atoms with Crippen molar-refractivity contribution in [1.29, 1.82) is 0 Å². The topological polar surface area (TPSA) is 32.5 Å². The Bertz CT molecular complexity index is 232. The zero-order valence-electron chi connectivity index (χ0n) is 11.6. The molecular formula is C14H29N3. The van der Waals surface area contributed by atoms with Gasteiger partial charge < -0.3 is 10.6 Å². The molecule has 100 valence electrons. The molecule has 3 atom stereocenters. The van der Waals surface area contributed by atoms with Crippen molar-refractivity contribution in [1.82, 2.24) is 9.80 Å². The molecule has 0 aliphatic carbocycles. The van der Waals surface area contributed by atoms with Crippen LogP contribution in [0.3, 0.4) is 0 Å². The van der Waals surface area contributed by atoms with E-state index in [9.17, 15) is 0 Å². The van der Waals surface area contributed by atoms with Crippen molar-refractivity contribution in [2.24, 2.45) is 11.7 Å². The first-order valence-corrected chi connectivity index (χ1v) is 7.39. The molecule has 3 heteroatoms. The van der Waals surface area contributed by atoms with Gasteiger partial charge in [-0.05, 0) is 58.3 Å². The summed E-state index contributed by atoms with van der Waals surface area (Å²) >= 11 is 0. The summed E-state index contributed by atoms with van der Waals surface area (Å²) < 4.78 is 0. The van der Waals surface area contributed by atoms with Gasteiger partial charge in [0.15, 0.2) is 0 Å². The maximum Gasteiger partial charge on any atom is 0.0108 e. The van der Waals surface area contributed by atoms with E-state index >= 15 is 0 Å². The van der Waals surface area contributed by atoms with Crippen molar-refractivity contribution in [3.05, 3.63) is 0 Å². The van der Waals surface area contributed by atoms with Crippen LogP contribution in [0.5, 0.6) is 0 Å². The minimum Gasteiger partial charge on any atom is -0.327 e. The average molecular weight is 239 g/mol. The molecule has 0 radical (unpaired) electrons. The third-order valence-electron chi connectivity index (χ3n) is 4.79. The molecule has 2 aliphatic heterocycles. The number of hydrogen-bond donors (Lipinski definition) is 1. The fourth-order valence-electron chi connectivity index (χ4n) is 3.43. The maximum atomic E-state index is 6.20. The van der Waals surface area contributed by atoms with Gasteiger partial charge in [0.05, 0.1) is 0 Å². The van der Waals surface area contributed by atoms with Crippen LogP contribution in [-0.4, -0.2) is 55.1 Å². The Kier molecular flexibility index (Phi) is 4.83. The van der Waals surface area contributed by atoms with E-state index in [2.05, 4.69) is 23.8 Å². The lowest BCUT2D eigenvalue weighted by molar-refractivity contribution is 0.0980. The summed E-state index contributed by atoms with van der Waals surface area (Å²) in [6.07, 6.45) is 6.54. The van der Waals surface area contributed by atoms with E-state index in [0.717, 1.165) is 12.0 Å². The second-order valence-corrected chi connectivity index (χ2v) is 6.00. The van der Waals surface area contributed by atoms with E-state index in [0.29, 0.717) is 6.04 Å². The fraction of sp³-hybridized carbons (Fsp3) is 1.00. The molecule has 3 unspecified atom stereocenters. The Morgan fingerprint density at radius 1 is 1.12 bits per heavy atom. The van der Waals surface area contributed by atoms with Crippen molar-refractivity contribution in [3.63, 3.8) is 0 Å². The molecule has 2 N–H and O–H groups in total. The van der Waals surface area contributed by atoms with Crippen molar-refractivity contribution in [2.45, 2.75) is 51.1 Å². The van der Waals surface area contributed by atoms with Crippen molar-refractivity contribution < 1.29 is 0 Å². The quantitative estimate of drug-likeness (QED) is 0.793. The highest BCUT2D eigenvalue weighted by Crippen LogP contribution is 2.24. The molecule has 3 nitrogen and oxygen atoms in total. The van der Waals surface area contributed by atoms with E-state index in [4.69, 9.17) is 5.73 Å². The third kappa shape index (κ3) is 3.43. The number of likely N-dealkylation sites (tertiary alicyclic amines) is 2. The monoisotopic (exact) mass is 239 g/mol. The molecular weight excluding hydrogens is 210 g/mol. The summed E-state index contributed by atoms with van der Waals surface area (Å²) in [5.74, 6) is 0.727. The summed E-state index contributed by atoms with van der Waals surface area (Å²) in [5, 5.41) is 0. The van der Waals surface area contributed by atoms with Gasteiger partial charge in [-0.15, -0.1) is 0 Å². The summed E-state index contributed by atoms with van der Waals surface area (Å²) in [7, 11) is 2.25. The number of nitrogens with two attached hydrogens (primary N) is 1. The summed E-state index contributed by atoms with van der Waals surface area (Å²) in [6.45, 7) is 7.30. The molecule has 0 aromatic carbocycles. The fourth-order valence-corrected chi connectivity index (χ4v) is 3.43. The number of piperidine rings is 1. The molecule has 2 rings (SSSR count). The molecule has 0 aromatic heterocycles. The highest BCUT2D eigenvalue weighted by atomic mass is 15.2. The van der Waals surface area contributed by atoms with Gasteiger partial charge in [0.1, 0.15) is 0 Å². The Hall–Kier alpha value is -0.120. The van der Waals surface area contributed by atoms with Crippen LogP contribution in [-0.2, 0) is 0 Å². The van der Waals surface area contributed by atoms with Crippen LogP contribution >= 0.6 is 0 Å². The molecule has 2 saturated heterocycles. The molecule has 0 spiro atoms. The van der Waals surface area contributed by atoms with Gasteiger partial charge in [0, 0.05) is 18.6 Å². The van der Waals surface area contributed by atoms with E-state index in [1.165, 1.54) is 58.3 Å². The van der Waals surface area contributed by atoms with Crippen LogP contribution < -0.4 is 5.73 Å². The van der Waals surface area contributed by atoms with E-state index < -0.39 is 0 Å². The molecule has 17 heavy (non-hydrogen) atoms. The second kappa shape index (κ2) is 6.17. The van der Waals surface area contributed by atoms with Crippen LogP contribution in [0.25, 0.3) is 0 Å². The van der Waals surface area contributed by atoms with Crippen LogP contribution in [0.4, 0.5) is 0 Å². The van der Waals surface area contributed by atoms with Crippen LogP contribution in [0, 0.1) is 5.92 Å². The summed E-state index contributed by atoms with van der Waals surface area (Å²) in [5.41, 5.74) is 6.20. The number of nitrogens with zero attached hydrogens (tertiary/aromatic N) is 2. The van der Waals surface area contributed by atoms with Crippen LogP contribution in [0.1, 0.15) is 39.0 Å². The maximum absolute atomic E-state index is 6.20. The van der Waals surface area contributed by atoms with Gasteiger partial charge in [-0.1, -0.05) is 13.3 Å². The van der Waals surface area contributed by atoms with E-state index in [-0.39, 0.29) is 0 Å². The SMILES string of the molecule is CCC1CN(C2CCCN(C)CC2)CCC1N. The first-order chi connectivity index (χ1) is 8.20. The molecule has 0 aromatic rings. The predicted molar refractivity (Wildman–Crippen MR) is 73.1 cm³/mol. The lowest BCUT2D eigenvalue weighted by Gasteiger charge is -2.40. The Labute approximate surface area is 106 Å². The highest BCUT2D eigenvalue weighted by Gasteiger charge is 2.30. The Balaban J connectivity index is 1.88. The molecule has 2 fully saturated rings. The van der Waals surface area contributed by atoms with Gasteiger partial charge in [-0.3, -0.25) is 4.90 Å². The lowest BCUT2D eigenvalue weighted by atomic mass is 9.89. The predicted octanol–water partition coefficient (Wildman–Crippen LogP) is 1.53. The zero-order chi connectivity index (χ0) is 12.3. The van der Waals surface area contributed by atoms with Crippen molar-refractivity contribution in [3.8, 4) is 0 Å². The van der Waals surface area contributed by atoms with Crippen molar-refractivity contribution >= 4 is 0 Å². The van der Waals surface area contributed by atoms with Gasteiger partial charge in [0.2, 0.25) is 0 Å². The standard InChI is InChI=1S/C14H29N3/c1-3-12-11-17(10-7-14(12)15)13-5-4-8-16(2)9-6-13/h12-14H,3-11,15H2,1-2H3. The normalized spacial score (nSPS) is 37.9. The lowest BCUT2D eigenvalue weighted by Crippen LogP contribution is -2.50. The van der Waals surface area contributed by atoms with Crippen molar-refractivity contribution in [2.75, 3.05) is 33.2 Å². The van der Waals surface area contributed by atoms with Crippen LogP contribution in [0.2, 0.25) is 0 Å². The second-order valence-electron chi connectivity index (χ2n) is 6.00. The summed E-state index contributed by atoms with van der Waals surface area (Å²) in [4.78, 5) is 5.21. The number of hydrogen-bond acceptors (Lipinski definition) is 3. The van der Waals surface area contributed by atoms with Gasteiger partial charge in [-0.25, -0.2) is 0 Å². The van der Waals surface area contributed by atoms with E-state index in [1.807, 2.05) is 0 Å². The number of rotatable bonds is 2. The van der Waals surface area contributed by atoms with Crippen LogP contribution in [0.15, 0.2) is 0 Å². The first-order valence-electron chi connectivity index (χ1n) is 7.39. The average Bonchev–Trinajstić information content (AvgIpc) is 2.55. The van der Waals surface area contributed by atoms with Gasteiger partial charge in [0.25, 0.3) is 0 Å². The smallest absolute Gasteiger partial charge is 0.0108 e.